The molecule has 0 unspecified atom stereocenters. The van der Waals surface area contributed by atoms with Crippen molar-refractivity contribution in [1.29, 1.82) is 0 Å². The standard InChI is InChI=1S/C15H15ClN2OS/c1-9-5-12(16)6-10(2)14(9)19-8-11-3-4-18-13(7-11)15(17)20/h3-7H,8H2,1-2H3,(H2,17,20). The average molecular weight is 307 g/mol. The van der Waals surface area contributed by atoms with Gasteiger partial charge in [0.05, 0.1) is 5.69 Å². The predicted molar refractivity (Wildman–Crippen MR) is 85.4 cm³/mol. The van der Waals surface area contributed by atoms with Crippen molar-refractivity contribution in [2.24, 2.45) is 5.73 Å². The number of aromatic nitrogens is 1. The van der Waals surface area contributed by atoms with Crippen LogP contribution in [0.3, 0.4) is 0 Å². The second-order valence-electron chi connectivity index (χ2n) is 4.57. The molecular formula is C15H15ClN2OS. The van der Waals surface area contributed by atoms with Crippen molar-refractivity contribution >= 4 is 28.8 Å². The Morgan fingerprint density at radius 2 is 1.95 bits per heavy atom. The lowest BCUT2D eigenvalue weighted by atomic mass is 10.1. The van der Waals surface area contributed by atoms with Crippen LogP contribution in [-0.2, 0) is 6.61 Å². The maximum Gasteiger partial charge on any atom is 0.125 e. The van der Waals surface area contributed by atoms with Crippen LogP contribution in [-0.4, -0.2) is 9.97 Å². The fourth-order valence-corrected chi connectivity index (χ4v) is 2.42. The van der Waals surface area contributed by atoms with Crippen LogP contribution >= 0.6 is 23.8 Å². The summed E-state index contributed by atoms with van der Waals surface area (Å²) in [6, 6.07) is 7.49. The van der Waals surface area contributed by atoms with Gasteiger partial charge in [0.2, 0.25) is 0 Å². The zero-order valence-corrected chi connectivity index (χ0v) is 12.9. The Hall–Kier alpha value is -1.65. The van der Waals surface area contributed by atoms with Crippen LogP contribution in [0.2, 0.25) is 5.02 Å². The van der Waals surface area contributed by atoms with E-state index in [1.807, 2.05) is 38.1 Å². The van der Waals surface area contributed by atoms with E-state index in [9.17, 15) is 0 Å². The summed E-state index contributed by atoms with van der Waals surface area (Å²) in [4.78, 5) is 4.38. The molecule has 0 saturated heterocycles. The molecular weight excluding hydrogens is 292 g/mol. The fourth-order valence-electron chi connectivity index (χ4n) is 1.98. The van der Waals surface area contributed by atoms with E-state index in [-0.39, 0.29) is 4.99 Å². The number of aryl methyl sites for hydroxylation is 2. The van der Waals surface area contributed by atoms with E-state index >= 15 is 0 Å². The number of pyridine rings is 1. The Morgan fingerprint density at radius 1 is 1.30 bits per heavy atom. The van der Waals surface area contributed by atoms with Gasteiger partial charge in [0.1, 0.15) is 17.3 Å². The highest BCUT2D eigenvalue weighted by molar-refractivity contribution is 7.80. The van der Waals surface area contributed by atoms with E-state index in [1.165, 1.54) is 0 Å². The fraction of sp³-hybridized carbons (Fsp3) is 0.200. The predicted octanol–water partition coefficient (Wildman–Crippen LogP) is 3.57. The van der Waals surface area contributed by atoms with Gasteiger partial charge < -0.3 is 10.5 Å². The molecule has 0 aliphatic heterocycles. The first-order valence-corrected chi connectivity index (χ1v) is 6.90. The molecule has 1 heterocycles. The Balaban J connectivity index is 2.17. The molecule has 0 bridgehead atoms. The summed E-state index contributed by atoms with van der Waals surface area (Å²) in [5.41, 5.74) is 9.16. The van der Waals surface area contributed by atoms with Gasteiger partial charge in [0.15, 0.2) is 0 Å². The van der Waals surface area contributed by atoms with Gasteiger partial charge in [-0.15, -0.1) is 0 Å². The molecule has 20 heavy (non-hydrogen) atoms. The first-order chi connectivity index (χ1) is 9.47. The summed E-state index contributed by atoms with van der Waals surface area (Å²) in [6.45, 7) is 4.38. The summed E-state index contributed by atoms with van der Waals surface area (Å²) in [5.74, 6) is 0.850. The second-order valence-corrected chi connectivity index (χ2v) is 5.45. The summed E-state index contributed by atoms with van der Waals surface area (Å²) in [6.07, 6.45) is 1.68. The van der Waals surface area contributed by atoms with Gasteiger partial charge >= 0.3 is 0 Å². The molecule has 5 heteroatoms. The normalized spacial score (nSPS) is 10.3. The first kappa shape index (κ1) is 14.8. The second kappa shape index (κ2) is 6.20. The summed E-state index contributed by atoms with van der Waals surface area (Å²) >= 11 is 10.9. The van der Waals surface area contributed by atoms with Crippen molar-refractivity contribution in [2.45, 2.75) is 20.5 Å². The van der Waals surface area contributed by atoms with Gasteiger partial charge in [-0.3, -0.25) is 4.98 Å². The number of benzene rings is 1. The minimum absolute atomic E-state index is 0.283. The van der Waals surface area contributed by atoms with Crippen molar-refractivity contribution in [3.63, 3.8) is 0 Å². The molecule has 0 amide bonds. The molecule has 104 valence electrons. The number of rotatable bonds is 4. The van der Waals surface area contributed by atoms with Crippen LogP contribution in [0.1, 0.15) is 22.4 Å². The average Bonchev–Trinajstić information content (AvgIpc) is 2.37. The van der Waals surface area contributed by atoms with Crippen LogP contribution in [0.15, 0.2) is 30.5 Å². The van der Waals surface area contributed by atoms with Gasteiger partial charge in [-0.05, 0) is 54.8 Å². The Labute approximate surface area is 128 Å². The monoisotopic (exact) mass is 306 g/mol. The third-order valence-electron chi connectivity index (χ3n) is 2.89. The molecule has 2 rings (SSSR count). The van der Waals surface area contributed by atoms with E-state index in [2.05, 4.69) is 4.98 Å². The highest BCUT2D eigenvalue weighted by Gasteiger charge is 2.07. The van der Waals surface area contributed by atoms with Crippen molar-refractivity contribution in [3.8, 4) is 5.75 Å². The molecule has 0 saturated carbocycles. The topological polar surface area (TPSA) is 48.1 Å². The Bertz CT molecular complexity index is 635. The summed E-state index contributed by atoms with van der Waals surface area (Å²) in [7, 11) is 0. The number of halogens is 1. The molecule has 3 nitrogen and oxygen atoms in total. The van der Waals surface area contributed by atoms with E-state index < -0.39 is 0 Å². The van der Waals surface area contributed by atoms with E-state index in [0.29, 0.717) is 17.3 Å². The van der Waals surface area contributed by atoms with E-state index in [0.717, 1.165) is 22.4 Å². The highest BCUT2D eigenvalue weighted by Crippen LogP contribution is 2.27. The van der Waals surface area contributed by atoms with Gasteiger partial charge in [-0.25, -0.2) is 0 Å². The quantitative estimate of drug-likeness (QED) is 0.877. The van der Waals surface area contributed by atoms with Gasteiger partial charge in [-0.1, -0.05) is 23.8 Å². The van der Waals surface area contributed by atoms with Crippen LogP contribution < -0.4 is 10.5 Å². The number of nitrogens with zero attached hydrogens (tertiary/aromatic N) is 1. The largest absolute Gasteiger partial charge is 0.488 e. The molecule has 0 radical (unpaired) electrons. The number of nitrogens with two attached hydrogens (primary N) is 1. The SMILES string of the molecule is Cc1cc(Cl)cc(C)c1OCc1ccnc(C(N)=S)c1. The minimum Gasteiger partial charge on any atom is -0.488 e. The van der Waals surface area contributed by atoms with Gasteiger partial charge in [0, 0.05) is 11.2 Å². The molecule has 0 aliphatic carbocycles. The van der Waals surface area contributed by atoms with Crippen molar-refractivity contribution in [3.05, 3.63) is 57.9 Å². The molecule has 0 atom stereocenters. The van der Waals surface area contributed by atoms with Crippen molar-refractivity contribution < 1.29 is 4.74 Å². The molecule has 2 N–H and O–H groups in total. The third kappa shape index (κ3) is 3.46. The van der Waals surface area contributed by atoms with Gasteiger partial charge in [0.25, 0.3) is 0 Å². The molecule has 0 aliphatic rings. The van der Waals surface area contributed by atoms with E-state index in [4.69, 9.17) is 34.3 Å². The molecule has 1 aromatic carbocycles. The minimum atomic E-state index is 0.283. The summed E-state index contributed by atoms with van der Waals surface area (Å²) in [5, 5.41) is 0.715. The van der Waals surface area contributed by atoms with Crippen molar-refractivity contribution in [1.82, 2.24) is 4.98 Å². The number of hydrogen-bond donors (Lipinski definition) is 1. The first-order valence-electron chi connectivity index (χ1n) is 6.11. The smallest absolute Gasteiger partial charge is 0.125 e. The van der Waals surface area contributed by atoms with Crippen LogP contribution in [0, 0.1) is 13.8 Å². The Kier molecular flexibility index (Phi) is 4.57. The molecule has 0 fully saturated rings. The van der Waals surface area contributed by atoms with Crippen LogP contribution in [0.25, 0.3) is 0 Å². The molecule has 0 spiro atoms. The lowest BCUT2D eigenvalue weighted by Gasteiger charge is -2.13. The lowest BCUT2D eigenvalue weighted by molar-refractivity contribution is 0.302. The molecule has 2 aromatic rings. The number of ether oxygens (including phenoxy) is 1. The third-order valence-corrected chi connectivity index (χ3v) is 3.31. The van der Waals surface area contributed by atoms with Crippen LogP contribution in [0.4, 0.5) is 0 Å². The maximum atomic E-state index is 6.00. The number of thiocarbonyl (C=S) groups is 1. The maximum absolute atomic E-state index is 6.00. The molecule has 1 aromatic heterocycles. The zero-order valence-electron chi connectivity index (χ0n) is 11.3. The Morgan fingerprint density at radius 3 is 2.55 bits per heavy atom. The lowest BCUT2D eigenvalue weighted by Crippen LogP contribution is -2.12. The van der Waals surface area contributed by atoms with Crippen molar-refractivity contribution in [2.75, 3.05) is 0 Å². The van der Waals surface area contributed by atoms with E-state index in [1.54, 1.807) is 6.20 Å². The van der Waals surface area contributed by atoms with Crippen LogP contribution in [0.5, 0.6) is 5.75 Å². The number of hydrogen-bond acceptors (Lipinski definition) is 3. The highest BCUT2D eigenvalue weighted by atomic mass is 35.5. The van der Waals surface area contributed by atoms with Gasteiger partial charge in [-0.2, -0.15) is 0 Å². The summed E-state index contributed by atoms with van der Waals surface area (Å²) < 4.78 is 5.87. The zero-order chi connectivity index (χ0) is 14.7.